The number of carboxylic acid groups (broad SMARTS) is 1. The van der Waals surface area contributed by atoms with Crippen LogP contribution in [0, 0.1) is 16.7 Å². The van der Waals surface area contributed by atoms with E-state index in [0.717, 1.165) is 5.56 Å². The number of methoxy groups -OCH3 is 1. The van der Waals surface area contributed by atoms with Gasteiger partial charge < -0.3 is 14.6 Å². The van der Waals surface area contributed by atoms with Crippen LogP contribution in [0.2, 0.25) is 0 Å². The summed E-state index contributed by atoms with van der Waals surface area (Å²) in [5, 5.41) is 18.9. The highest BCUT2D eigenvalue weighted by Gasteiger charge is 2.25. The van der Waals surface area contributed by atoms with Crippen LogP contribution in [0.4, 0.5) is 4.79 Å². The van der Waals surface area contributed by atoms with E-state index in [1.54, 1.807) is 7.11 Å². The smallest absolute Gasteiger partial charge is 0.408 e. The van der Waals surface area contributed by atoms with Crippen molar-refractivity contribution in [1.29, 1.82) is 5.26 Å². The Labute approximate surface area is 162 Å². The third kappa shape index (κ3) is 9.41. The van der Waals surface area contributed by atoms with E-state index in [-0.39, 0.29) is 11.5 Å². The number of hydrogen-bond donors (Lipinski definition) is 1. The molecule has 27 heavy (non-hydrogen) atoms. The molecule has 150 valence electrons. The summed E-state index contributed by atoms with van der Waals surface area (Å²) in [5.41, 5.74) is 1.09. The Balaban J connectivity index is 2.50. The highest BCUT2D eigenvalue weighted by Crippen LogP contribution is 2.21. The zero-order chi connectivity index (χ0) is 20.3. The van der Waals surface area contributed by atoms with E-state index in [1.165, 1.54) is 4.90 Å². The highest BCUT2D eigenvalue weighted by atomic mass is 16.5. The highest BCUT2D eigenvalue weighted by molar-refractivity contribution is 5.65. The summed E-state index contributed by atoms with van der Waals surface area (Å²) in [5.74, 6) is 0. The first-order valence-electron chi connectivity index (χ1n) is 9.30. The minimum Gasteiger partial charge on any atom is -0.465 e. The van der Waals surface area contributed by atoms with Gasteiger partial charge in [-0.3, -0.25) is 4.90 Å². The second-order valence-corrected chi connectivity index (χ2v) is 7.87. The largest absolute Gasteiger partial charge is 0.465 e. The van der Waals surface area contributed by atoms with Crippen molar-refractivity contribution in [3.05, 3.63) is 35.9 Å². The molecule has 1 unspecified atom stereocenters. The molecule has 0 bridgehead atoms. The standard InChI is InChI=1S/C21H32N2O4/c1-21(2,3)12-13-23(20(24)25)18(14-22)10-11-19(26-4)16-27-15-17-8-6-5-7-9-17/h5-9,18-19H,10-13,15-16H2,1-4H3,(H,24,25)/t18?,19-/m0/s1. The van der Waals surface area contributed by atoms with Gasteiger partial charge in [-0.2, -0.15) is 5.26 Å². The number of nitrogens with zero attached hydrogens (tertiary/aromatic N) is 2. The third-order valence-corrected chi connectivity index (χ3v) is 4.38. The van der Waals surface area contributed by atoms with Crippen LogP contribution in [-0.2, 0) is 16.1 Å². The maximum absolute atomic E-state index is 11.6. The molecule has 1 aromatic carbocycles. The molecule has 1 rings (SSSR count). The van der Waals surface area contributed by atoms with E-state index in [1.807, 2.05) is 30.3 Å². The molecular formula is C21H32N2O4. The van der Waals surface area contributed by atoms with Crippen LogP contribution in [0.15, 0.2) is 30.3 Å². The number of ether oxygens (including phenoxy) is 2. The van der Waals surface area contributed by atoms with E-state index < -0.39 is 12.1 Å². The lowest BCUT2D eigenvalue weighted by Crippen LogP contribution is -2.41. The summed E-state index contributed by atoms with van der Waals surface area (Å²) in [6.07, 6.45) is 0.442. The fourth-order valence-electron chi connectivity index (χ4n) is 2.63. The Hall–Kier alpha value is -2.10. The summed E-state index contributed by atoms with van der Waals surface area (Å²) in [6.45, 7) is 7.41. The van der Waals surface area contributed by atoms with Crippen LogP contribution >= 0.6 is 0 Å². The lowest BCUT2D eigenvalue weighted by atomic mass is 9.92. The molecule has 1 amide bonds. The van der Waals surface area contributed by atoms with Gasteiger partial charge in [-0.1, -0.05) is 51.1 Å². The van der Waals surface area contributed by atoms with E-state index in [4.69, 9.17) is 9.47 Å². The van der Waals surface area contributed by atoms with Gasteiger partial charge in [0, 0.05) is 13.7 Å². The van der Waals surface area contributed by atoms with E-state index in [9.17, 15) is 15.2 Å². The zero-order valence-corrected chi connectivity index (χ0v) is 16.9. The Bertz CT molecular complexity index is 592. The van der Waals surface area contributed by atoms with Gasteiger partial charge in [0.15, 0.2) is 0 Å². The fraction of sp³-hybridized carbons (Fsp3) is 0.619. The van der Waals surface area contributed by atoms with Gasteiger partial charge in [-0.25, -0.2) is 4.79 Å². The molecule has 1 N–H and O–H groups in total. The van der Waals surface area contributed by atoms with E-state index >= 15 is 0 Å². The first-order valence-corrected chi connectivity index (χ1v) is 9.30. The predicted octanol–water partition coefficient (Wildman–Crippen LogP) is 4.31. The number of nitriles is 1. The summed E-state index contributed by atoms with van der Waals surface area (Å²) in [4.78, 5) is 12.8. The molecule has 0 aliphatic heterocycles. The maximum atomic E-state index is 11.6. The first-order chi connectivity index (χ1) is 12.8. The van der Waals surface area contributed by atoms with Gasteiger partial charge in [0.25, 0.3) is 0 Å². The first kappa shape index (κ1) is 22.9. The summed E-state index contributed by atoms with van der Waals surface area (Å²) in [6, 6.07) is 11.3. The molecule has 0 radical (unpaired) electrons. The third-order valence-electron chi connectivity index (χ3n) is 4.38. The van der Waals surface area contributed by atoms with E-state index in [2.05, 4.69) is 26.8 Å². The summed E-state index contributed by atoms with van der Waals surface area (Å²) >= 11 is 0. The number of benzene rings is 1. The Morgan fingerprint density at radius 3 is 2.44 bits per heavy atom. The quantitative estimate of drug-likeness (QED) is 0.622. The maximum Gasteiger partial charge on any atom is 0.408 e. The molecule has 0 aliphatic rings. The second kappa shape index (κ2) is 11.6. The van der Waals surface area contributed by atoms with Crippen molar-refractivity contribution in [3.8, 4) is 6.07 Å². The summed E-state index contributed by atoms with van der Waals surface area (Å²) in [7, 11) is 1.60. The van der Waals surface area contributed by atoms with Crippen molar-refractivity contribution in [1.82, 2.24) is 4.90 Å². The molecule has 0 saturated carbocycles. The van der Waals surface area contributed by atoms with Gasteiger partial charge in [-0.15, -0.1) is 0 Å². The topological polar surface area (TPSA) is 82.8 Å². The van der Waals surface area contributed by atoms with Crippen molar-refractivity contribution in [2.75, 3.05) is 20.3 Å². The van der Waals surface area contributed by atoms with Gasteiger partial charge in [0.05, 0.1) is 25.4 Å². The molecule has 0 saturated heterocycles. The normalized spacial score (nSPS) is 13.6. The lowest BCUT2D eigenvalue weighted by molar-refractivity contribution is -0.00502. The number of rotatable bonds is 11. The van der Waals surface area contributed by atoms with Crippen LogP contribution in [0.5, 0.6) is 0 Å². The molecule has 6 nitrogen and oxygen atoms in total. The zero-order valence-electron chi connectivity index (χ0n) is 16.9. The van der Waals surface area contributed by atoms with E-state index in [0.29, 0.717) is 39.0 Å². The van der Waals surface area contributed by atoms with Gasteiger partial charge in [0.2, 0.25) is 0 Å². The van der Waals surface area contributed by atoms with Gasteiger partial charge >= 0.3 is 6.09 Å². The Kier molecular flexibility index (Phi) is 9.84. The molecule has 0 spiro atoms. The minimum atomic E-state index is -1.06. The average Bonchev–Trinajstić information content (AvgIpc) is 2.62. The monoisotopic (exact) mass is 376 g/mol. The van der Waals surface area contributed by atoms with Crippen molar-refractivity contribution < 1.29 is 19.4 Å². The number of amides is 1. The van der Waals surface area contributed by atoms with Crippen LogP contribution < -0.4 is 0 Å². The van der Waals surface area contributed by atoms with Crippen LogP contribution in [0.3, 0.4) is 0 Å². The second-order valence-electron chi connectivity index (χ2n) is 7.87. The van der Waals surface area contributed by atoms with Crippen molar-refractivity contribution >= 4 is 6.09 Å². The number of hydrogen-bond acceptors (Lipinski definition) is 4. The van der Waals surface area contributed by atoms with Crippen LogP contribution in [0.25, 0.3) is 0 Å². The molecule has 0 fully saturated rings. The number of carbonyl (C=O) groups is 1. The van der Waals surface area contributed by atoms with Crippen molar-refractivity contribution in [2.45, 2.75) is 58.8 Å². The Morgan fingerprint density at radius 2 is 1.93 bits per heavy atom. The fourth-order valence-corrected chi connectivity index (χ4v) is 2.63. The van der Waals surface area contributed by atoms with Crippen LogP contribution in [0.1, 0.15) is 45.6 Å². The molecule has 2 atom stereocenters. The molecular weight excluding hydrogens is 344 g/mol. The molecule has 0 aliphatic carbocycles. The van der Waals surface area contributed by atoms with Crippen LogP contribution in [-0.4, -0.2) is 48.5 Å². The molecule has 6 heteroatoms. The minimum absolute atomic E-state index is 0.00799. The SMILES string of the molecule is CO[C@@H](CCC(C#N)N(CCC(C)(C)C)C(=O)O)COCc1ccccc1. The predicted molar refractivity (Wildman–Crippen MR) is 104 cm³/mol. The average molecular weight is 376 g/mol. The van der Waals surface area contributed by atoms with Crippen molar-refractivity contribution in [2.24, 2.45) is 5.41 Å². The van der Waals surface area contributed by atoms with Crippen molar-refractivity contribution in [3.63, 3.8) is 0 Å². The molecule has 0 heterocycles. The lowest BCUT2D eigenvalue weighted by Gasteiger charge is -2.28. The van der Waals surface area contributed by atoms with Gasteiger partial charge in [0.1, 0.15) is 6.04 Å². The summed E-state index contributed by atoms with van der Waals surface area (Å²) < 4.78 is 11.1. The Morgan fingerprint density at radius 1 is 1.26 bits per heavy atom. The van der Waals surface area contributed by atoms with Gasteiger partial charge in [-0.05, 0) is 30.2 Å². The molecule has 0 aromatic heterocycles. The molecule has 1 aromatic rings.